The lowest BCUT2D eigenvalue weighted by Gasteiger charge is -2.34. The summed E-state index contributed by atoms with van der Waals surface area (Å²) in [4.78, 5) is 24.7. The molecule has 0 radical (unpaired) electrons. The standard InChI is InChI=1S/C19H25N5O5S/c1-13-5-6-16(24(26)27)11-18(13)30(28,29)23-9-7-22(8-10-23)19(25)12-17-14(2)20-21(4)15(17)3/h5-6,11H,7-10,12H2,1-4H3. The third-order valence-corrected chi connectivity index (χ3v) is 7.62. The van der Waals surface area contributed by atoms with Crippen molar-refractivity contribution in [3.05, 3.63) is 50.8 Å². The number of nitro benzene ring substituents is 1. The van der Waals surface area contributed by atoms with Gasteiger partial charge in [0, 0.05) is 56.6 Å². The number of rotatable bonds is 5. The van der Waals surface area contributed by atoms with Crippen LogP contribution in [0.3, 0.4) is 0 Å². The van der Waals surface area contributed by atoms with Gasteiger partial charge in [0.05, 0.1) is 21.9 Å². The van der Waals surface area contributed by atoms with Gasteiger partial charge in [0.25, 0.3) is 5.69 Å². The molecule has 1 aliphatic rings. The van der Waals surface area contributed by atoms with Crippen LogP contribution < -0.4 is 0 Å². The second-order valence-electron chi connectivity index (χ2n) is 7.44. The second kappa shape index (κ2) is 8.15. The van der Waals surface area contributed by atoms with Crippen molar-refractivity contribution < 1.29 is 18.1 Å². The number of nitro groups is 1. The predicted octanol–water partition coefficient (Wildman–Crippen LogP) is 1.33. The van der Waals surface area contributed by atoms with Crippen molar-refractivity contribution in [1.82, 2.24) is 19.0 Å². The van der Waals surface area contributed by atoms with Crippen molar-refractivity contribution in [2.45, 2.75) is 32.1 Å². The smallest absolute Gasteiger partial charge is 0.270 e. The zero-order valence-electron chi connectivity index (χ0n) is 17.5. The van der Waals surface area contributed by atoms with Gasteiger partial charge in [-0.1, -0.05) is 6.07 Å². The number of amides is 1. The first-order valence-corrected chi connectivity index (χ1v) is 11.0. The fourth-order valence-corrected chi connectivity index (χ4v) is 5.30. The fraction of sp³-hybridized carbons (Fsp3) is 0.474. The number of piperazine rings is 1. The molecule has 162 valence electrons. The fourth-order valence-electron chi connectivity index (χ4n) is 3.63. The summed E-state index contributed by atoms with van der Waals surface area (Å²) in [6, 6.07) is 3.81. The highest BCUT2D eigenvalue weighted by molar-refractivity contribution is 7.89. The van der Waals surface area contributed by atoms with E-state index in [4.69, 9.17) is 0 Å². The summed E-state index contributed by atoms with van der Waals surface area (Å²) < 4.78 is 29.1. The Morgan fingerprint density at radius 1 is 1.17 bits per heavy atom. The summed E-state index contributed by atoms with van der Waals surface area (Å²) in [5.74, 6) is -0.0715. The molecule has 1 aromatic carbocycles. The number of nitrogens with zero attached hydrogens (tertiary/aromatic N) is 5. The summed E-state index contributed by atoms with van der Waals surface area (Å²) in [6.45, 7) is 6.20. The Morgan fingerprint density at radius 3 is 2.33 bits per heavy atom. The molecule has 1 amide bonds. The minimum absolute atomic E-state index is 0.0712. The molecule has 2 aromatic rings. The molecule has 1 aromatic heterocycles. The van der Waals surface area contributed by atoms with Crippen LogP contribution in [0.25, 0.3) is 0 Å². The first kappa shape index (κ1) is 21.9. The Morgan fingerprint density at radius 2 is 1.80 bits per heavy atom. The molecule has 0 unspecified atom stereocenters. The van der Waals surface area contributed by atoms with E-state index in [0.29, 0.717) is 5.56 Å². The Labute approximate surface area is 175 Å². The topological polar surface area (TPSA) is 119 Å². The van der Waals surface area contributed by atoms with Gasteiger partial charge in [0.2, 0.25) is 15.9 Å². The number of benzene rings is 1. The number of hydrogen-bond acceptors (Lipinski definition) is 6. The minimum atomic E-state index is -3.89. The Kier molecular flexibility index (Phi) is 5.95. The van der Waals surface area contributed by atoms with Crippen LogP contribution in [-0.2, 0) is 28.3 Å². The van der Waals surface area contributed by atoms with Crippen molar-refractivity contribution in [3.8, 4) is 0 Å². The highest BCUT2D eigenvalue weighted by Crippen LogP contribution is 2.26. The lowest BCUT2D eigenvalue weighted by molar-refractivity contribution is -0.385. The van der Waals surface area contributed by atoms with Gasteiger partial charge in [0.1, 0.15) is 0 Å². The van der Waals surface area contributed by atoms with Crippen LogP contribution in [0.1, 0.15) is 22.5 Å². The number of sulfonamides is 1. The predicted molar refractivity (Wildman–Crippen MR) is 110 cm³/mol. The van der Waals surface area contributed by atoms with E-state index in [2.05, 4.69) is 5.10 Å². The quantitative estimate of drug-likeness (QED) is 0.516. The van der Waals surface area contributed by atoms with E-state index in [1.165, 1.54) is 16.4 Å². The zero-order valence-corrected chi connectivity index (χ0v) is 18.3. The van der Waals surface area contributed by atoms with Gasteiger partial charge in [-0.2, -0.15) is 9.40 Å². The third kappa shape index (κ3) is 4.08. The minimum Gasteiger partial charge on any atom is -0.340 e. The third-order valence-electron chi connectivity index (χ3n) is 5.58. The monoisotopic (exact) mass is 435 g/mol. The van der Waals surface area contributed by atoms with Gasteiger partial charge < -0.3 is 4.90 Å². The van der Waals surface area contributed by atoms with Crippen LogP contribution in [0, 0.1) is 30.9 Å². The van der Waals surface area contributed by atoms with Crippen molar-refractivity contribution in [2.24, 2.45) is 7.05 Å². The molecule has 0 atom stereocenters. The first-order valence-electron chi connectivity index (χ1n) is 9.54. The van der Waals surface area contributed by atoms with Crippen molar-refractivity contribution in [3.63, 3.8) is 0 Å². The lowest BCUT2D eigenvalue weighted by atomic mass is 10.1. The molecule has 1 saturated heterocycles. The lowest BCUT2D eigenvalue weighted by Crippen LogP contribution is -2.51. The molecule has 11 heteroatoms. The normalized spacial score (nSPS) is 15.4. The van der Waals surface area contributed by atoms with Crippen molar-refractivity contribution >= 4 is 21.6 Å². The average molecular weight is 436 g/mol. The molecule has 30 heavy (non-hydrogen) atoms. The van der Waals surface area contributed by atoms with Gasteiger partial charge in [-0.05, 0) is 26.3 Å². The summed E-state index contributed by atoms with van der Waals surface area (Å²) in [6.07, 6.45) is 0.224. The molecule has 2 heterocycles. The number of hydrogen-bond donors (Lipinski definition) is 0. The van der Waals surface area contributed by atoms with Gasteiger partial charge in [0.15, 0.2) is 0 Å². The van der Waals surface area contributed by atoms with Crippen LogP contribution >= 0.6 is 0 Å². The van der Waals surface area contributed by atoms with E-state index in [-0.39, 0.29) is 49.1 Å². The van der Waals surface area contributed by atoms with Crippen LogP contribution in [0.2, 0.25) is 0 Å². The maximum atomic E-state index is 13.0. The SMILES string of the molecule is Cc1ccc([N+](=O)[O-])cc1S(=O)(=O)N1CCN(C(=O)Cc2c(C)nn(C)c2C)CC1. The van der Waals surface area contributed by atoms with E-state index >= 15 is 0 Å². The van der Waals surface area contributed by atoms with Gasteiger partial charge in [-0.3, -0.25) is 19.6 Å². The first-order chi connectivity index (χ1) is 14.0. The molecule has 0 N–H and O–H groups in total. The molecular weight excluding hydrogens is 410 g/mol. The molecular formula is C19H25N5O5S. The van der Waals surface area contributed by atoms with E-state index in [1.54, 1.807) is 16.5 Å². The van der Waals surface area contributed by atoms with E-state index < -0.39 is 14.9 Å². The van der Waals surface area contributed by atoms with Crippen LogP contribution in [0.4, 0.5) is 5.69 Å². The van der Waals surface area contributed by atoms with E-state index in [1.807, 2.05) is 20.9 Å². The molecule has 0 bridgehead atoms. The molecule has 1 aliphatic heterocycles. The maximum absolute atomic E-state index is 13.0. The average Bonchev–Trinajstić information content (AvgIpc) is 2.94. The largest absolute Gasteiger partial charge is 0.340 e. The van der Waals surface area contributed by atoms with Gasteiger partial charge in [-0.15, -0.1) is 0 Å². The molecule has 1 fully saturated rings. The summed E-state index contributed by atoms with van der Waals surface area (Å²) in [5, 5.41) is 15.4. The van der Waals surface area contributed by atoms with Crippen LogP contribution in [-0.4, -0.2) is 64.4 Å². The Balaban J connectivity index is 1.71. The number of carbonyl (C=O) groups excluding carboxylic acids is 1. The molecule has 10 nitrogen and oxygen atoms in total. The highest BCUT2D eigenvalue weighted by Gasteiger charge is 2.32. The molecule has 0 spiro atoms. The summed E-state index contributed by atoms with van der Waals surface area (Å²) in [7, 11) is -2.06. The van der Waals surface area contributed by atoms with E-state index in [9.17, 15) is 23.3 Å². The van der Waals surface area contributed by atoms with Gasteiger partial charge >= 0.3 is 0 Å². The summed E-state index contributed by atoms with van der Waals surface area (Å²) >= 11 is 0. The van der Waals surface area contributed by atoms with Crippen LogP contribution in [0.5, 0.6) is 0 Å². The number of carbonyl (C=O) groups is 1. The number of aryl methyl sites for hydroxylation is 3. The van der Waals surface area contributed by atoms with Crippen LogP contribution in [0.15, 0.2) is 23.1 Å². The van der Waals surface area contributed by atoms with E-state index in [0.717, 1.165) is 23.0 Å². The zero-order chi connectivity index (χ0) is 22.2. The maximum Gasteiger partial charge on any atom is 0.270 e. The molecule has 0 saturated carbocycles. The number of non-ortho nitro benzene ring substituents is 1. The number of aromatic nitrogens is 2. The molecule has 0 aliphatic carbocycles. The van der Waals surface area contributed by atoms with Crippen molar-refractivity contribution in [2.75, 3.05) is 26.2 Å². The second-order valence-corrected chi connectivity index (χ2v) is 9.35. The van der Waals surface area contributed by atoms with Gasteiger partial charge in [-0.25, -0.2) is 8.42 Å². The molecule has 3 rings (SSSR count). The Bertz CT molecular complexity index is 1100. The highest BCUT2D eigenvalue weighted by atomic mass is 32.2. The Hall–Kier alpha value is -2.79. The summed E-state index contributed by atoms with van der Waals surface area (Å²) in [5.41, 5.74) is 2.82. The van der Waals surface area contributed by atoms with Crippen molar-refractivity contribution in [1.29, 1.82) is 0 Å².